The van der Waals surface area contributed by atoms with E-state index in [1.165, 1.54) is 16.3 Å². The Morgan fingerprint density at radius 3 is 2.79 bits per heavy atom. The highest BCUT2D eigenvalue weighted by Crippen LogP contribution is 2.18. The summed E-state index contributed by atoms with van der Waals surface area (Å²) < 4.78 is 1.54. The zero-order valence-electron chi connectivity index (χ0n) is 8.57. The number of hydrogen-bond donors (Lipinski definition) is 2. The van der Waals surface area contributed by atoms with Crippen LogP contribution in [-0.4, -0.2) is 31.2 Å². The molecule has 0 aliphatic carbocycles. The van der Waals surface area contributed by atoms with E-state index >= 15 is 0 Å². The van der Waals surface area contributed by atoms with Crippen molar-refractivity contribution in [3.05, 3.63) is 10.5 Å². The van der Waals surface area contributed by atoms with Gasteiger partial charge >= 0.3 is 5.69 Å². The molecular weight excluding hydrogens is 202 g/mol. The second-order valence-electron chi connectivity index (χ2n) is 3.66. The van der Waals surface area contributed by atoms with Crippen molar-refractivity contribution in [2.24, 2.45) is 0 Å². The Labute approximate surface area is 86.5 Å². The largest absolute Gasteiger partial charge is 0.390 e. The monoisotopic (exact) mass is 217 g/mol. The second-order valence-corrected chi connectivity index (χ2v) is 4.60. The lowest BCUT2D eigenvalue weighted by Gasteiger charge is -2.15. The first-order valence-corrected chi connectivity index (χ1v) is 5.43. The summed E-state index contributed by atoms with van der Waals surface area (Å²) in [6.07, 6.45) is 0. The number of aliphatic hydroxyl groups is 1. The van der Waals surface area contributed by atoms with Crippen LogP contribution in [-0.2, 0) is 6.54 Å². The third kappa shape index (κ3) is 2.88. The predicted molar refractivity (Wildman–Crippen MR) is 55.5 cm³/mol. The Morgan fingerprint density at radius 1 is 1.64 bits per heavy atom. The summed E-state index contributed by atoms with van der Waals surface area (Å²) in [4.78, 5) is 11.2. The number of nitrogens with one attached hydrogen (secondary N) is 1. The lowest BCUT2D eigenvalue weighted by Crippen LogP contribution is -2.22. The molecule has 0 saturated carbocycles. The fourth-order valence-electron chi connectivity index (χ4n) is 0.933. The molecule has 1 rings (SSSR count). The van der Waals surface area contributed by atoms with E-state index in [0.29, 0.717) is 17.5 Å². The van der Waals surface area contributed by atoms with Gasteiger partial charge in [-0.3, -0.25) is 4.57 Å². The first kappa shape index (κ1) is 11.3. The first-order chi connectivity index (χ1) is 6.44. The van der Waals surface area contributed by atoms with E-state index in [1.807, 2.05) is 6.92 Å². The van der Waals surface area contributed by atoms with Gasteiger partial charge in [-0.1, -0.05) is 11.8 Å². The van der Waals surface area contributed by atoms with Gasteiger partial charge in [-0.25, -0.2) is 9.89 Å². The minimum atomic E-state index is -0.752. The Bertz CT molecular complexity index is 350. The van der Waals surface area contributed by atoms with Crippen molar-refractivity contribution >= 4 is 11.8 Å². The molecule has 0 bridgehead atoms. The van der Waals surface area contributed by atoms with Gasteiger partial charge in [-0.05, 0) is 20.8 Å². The van der Waals surface area contributed by atoms with Crippen LogP contribution in [0, 0.1) is 0 Å². The summed E-state index contributed by atoms with van der Waals surface area (Å²) in [5.41, 5.74) is -0.955. The highest BCUT2D eigenvalue weighted by atomic mass is 32.2. The topological polar surface area (TPSA) is 70.9 Å². The van der Waals surface area contributed by atoms with Crippen LogP contribution in [0.1, 0.15) is 20.8 Å². The van der Waals surface area contributed by atoms with Gasteiger partial charge in [0.05, 0.1) is 5.60 Å². The SMILES string of the molecule is CCn1c(SCC(C)(C)O)n[nH]c1=O. The lowest BCUT2D eigenvalue weighted by atomic mass is 10.2. The molecule has 14 heavy (non-hydrogen) atoms. The van der Waals surface area contributed by atoms with Crippen molar-refractivity contribution in [3.8, 4) is 0 Å². The molecule has 0 aliphatic rings. The van der Waals surface area contributed by atoms with Gasteiger partial charge in [-0.2, -0.15) is 0 Å². The molecule has 0 unspecified atom stereocenters. The molecule has 0 aliphatic heterocycles. The quantitative estimate of drug-likeness (QED) is 0.719. The molecule has 0 saturated heterocycles. The van der Waals surface area contributed by atoms with Gasteiger partial charge in [0.15, 0.2) is 5.16 Å². The van der Waals surface area contributed by atoms with Gasteiger partial charge in [0, 0.05) is 12.3 Å². The minimum Gasteiger partial charge on any atom is -0.390 e. The van der Waals surface area contributed by atoms with Gasteiger partial charge in [0.25, 0.3) is 0 Å². The van der Waals surface area contributed by atoms with E-state index in [1.54, 1.807) is 13.8 Å². The van der Waals surface area contributed by atoms with Crippen LogP contribution in [0.15, 0.2) is 9.95 Å². The molecule has 1 heterocycles. The molecule has 0 atom stereocenters. The fraction of sp³-hybridized carbons (Fsp3) is 0.750. The summed E-state index contributed by atoms with van der Waals surface area (Å²) in [6.45, 7) is 5.91. The maximum atomic E-state index is 11.2. The van der Waals surface area contributed by atoms with E-state index in [0.717, 1.165) is 0 Å². The van der Waals surface area contributed by atoms with Gasteiger partial charge in [0.1, 0.15) is 0 Å². The number of nitrogens with zero attached hydrogens (tertiary/aromatic N) is 2. The summed E-state index contributed by atoms with van der Waals surface area (Å²) in [5.74, 6) is 0.511. The number of aromatic amines is 1. The Hall–Kier alpha value is -0.750. The second kappa shape index (κ2) is 4.18. The summed E-state index contributed by atoms with van der Waals surface area (Å²) in [7, 11) is 0. The molecule has 1 aromatic heterocycles. The highest BCUT2D eigenvalue weighted by Gasteiger charge is 2.15. The molecule has 0 radical (unpaired) electrons. The average molecular weight is 217 g/mol. The molecule has 6 heteroatoms. The summed E-state index contributed by atoms with van der Waals surface area (Å²) >= 11 is 1.37. The van der Waals surface area contributed by atoms with Crippen LogP contribution in [0.2, 0.25) is 0 Å². The van der Waals surface area contributed by atoms with Crippen molar-refractivity contribution in [1.29, 1.82) is 0 Å². The molecule has 0 amide bonds. The zero-order chi connectivity index (χ0) is 10.8. The third-order valence-corrected chi connectivity index (χ3v) is 3.01. The number of hydrogen-bond acceptors (Lipinski definition) is 4. The normalized spacial score (nSPS) is 12.0. The van der Waals surface area contributed by atoms with E-state index in [4.69, 9.17) is 0 Å². The van der Waals surface area contributed by atoms with E-state index in [2.05, 4.69) is 10.2 Å². The molecule has 2 N–H and O–H groups in total. The van der Waals surface area contributed by atoms with Crippen LogP contribution in [0.5, 0.6) is 0 Å². The standard InChI is InChI=1S/C8H15N3O2S/c1-4-11-6(12)9-10-7(11)14-5-8(2,3)13/h13H,4-5H2,1-3H3,(H,9,12). The maximum absolute atomic E-state index is 11.2. The van der Waals surface area contributed by atoms with Gasteiger partial charge in [0.2, 0.25) is 0 Å². The fourth-order valence-corrected chi connectivity index (χ4v) is 1.89. The minimum absolute atomic E-state index is 0.203. The number of aromatic nitrogens is 3. The van der Waals surface area contributed by atoms with Crippen LogP contribution in [0.3, 0.4) is 0 Å². The average Bonchev–Trinajstić information content (AvgIpc) is 2.41. The smallest absolute Gasteiger partial charge is 0.343 e. The lowest BCUT2D eigenvalue weighted by molar-refractivity contribution is 0.107. The van der Waals surface area contributed by atoms with Crippen LogP contribution < -0.4 is 5.69 Å². The molecule has 80 valence electrons. The van der Waals surface area contributed by atoms with Crippen molar-refractivity contribution in [2.75, 3.05) is 5.75 Å². The van der Waals surface area contributed by atoms with Crippen molar-refractivity contribution in [2.45, 2.75) is 38.1 Å². The third-order valence-electron chi connectivity index (χ3n) is 1.59. The maximum Gasteiger partial charge on any atom is 0.343 e. The Morgan fingerprint density at radius 2 is 2.29 bits per heavy atom. The first-order valence-electron chi connectivity index (χ1n) is 4.44. The van der Waals surface area contributed by atoms with E-state index in [-0.39, 0.29) is 5.69 Å². The van der Waals surface area contributed by atoms with Gasteiger partial charge < -0.3 is 5.11 Å². The van der Waals surface area contributed by atoms with Crippen molar-refractivity contribution < 1.29 is 5.11 Å². The number of H-pyrrole nitrogens is 1. The van der Waals surface area contributed by atoms with E-state index < -0.39 is 5.60 Å². The van der Waals surface area contributed by atoms with Crippen LogP contribution >= 0.6 is 11.8 Å². The number of rotatable bonds is 4. The molecule has 1 aromatic rings. The van der Waals surface area contributed by atoms with Gasteiger partial charge in [-0.15, -0.1) is 5.10 Å². The molecular formula is C8H15N3O2S. The number of thioether (sulfide) groups is 1. The highest BCUT2D eigenvalue weighted by molar-refractivity contribution is 7.99. The van der Waals surface area contributed by atoms with E-state index in [9.17, 15) is 9.90 Å². The predicted octanol–water partition coefficient (Wildman–Crippen LogP) is 0.454. The Kier molecular flexibility index (Phi) is 3.38. The molecule has 5 nitrogen and oxygen atoms in total. The Balaban J connectivity index is 2.72. The van der Waals surface area contributed by atoms with Crippen molar-refractivity contribution in [1.82, 2.24) is 14.8 Å². The van der Waals surface area contributed by atoms with Crippen LogP contribution in [0.25, 0.3) is 0 Å². The summed E-state index contributed by atoms with van der Waals surface area (Å²) in [6, 6.07) is 0. The summed E-state index contributed by atoms with van der Waals surface area (Å²) in [5, 5.41) is 16.4. The zero-order valence-corrected chi connectivity index (χ0v) is 9.39. The molecule has 0 aromatic carbocycles. The van der Waals surface area contributed by atoms with Crippen LogP contribution in [0.4, 0.5) is 0 Å². The molecule has 0 fully saturated rings. The van der Waals surface area contributed by atoms with Crippen molar-refractivity contribution in [3.63, 3.8) is 0 Å². The molecule has 0 spiro atoms.